The Hall–Kier alpha value is -4.76. The third kappa shape index (κ3) is 5.31. The number of nitrogens with zero attached hydrogens (tertiary/aromatic N) is 8. The zero-order valence-corrected chi connectivity index (χ0v) is 23.9. The van der Waals surface area contributed by atoms with Crippen LogP contribution in [-0.4, -0.2) is 57.7 Å². The molecule has 0 bridgehead atoms. The van der Waals surface area contributed by atoms with Crippen LogP contribution in [-0.2, 0) is 6.54 Å². The van der Waals surface area contributed by atoms with Crippen molar-refractivity contribution in [3.05, 3.63) is 102 Å². The zero-order valence-electron chi connectivity index (χ0n) is 23.9. The van der Waals surface area contributed by atoms with Crippen LogP contribution in [0.2, 0.25) is 0 Å². The van der Waals surface area contributed by atoms with Crippen LogP contribution in [0.15, 0.2) is 85.2 Å². The van der Waals surface area contributed by atoms with Gasteiger partial charge in [0.25, 0.3) is 5.78 Å². The number of hydrogen-bond donors (Lipinski definition) is 1. The van der Waals surface area contributed by atoms with Crippen LogP contribution in [0.5, 0.6) is 0 Å². The van der Waals surface area contributed by atoms with E-state index in [0.717, 1.165) is 72.2 Å². The summed E-state index contributed by atoms with van der Waals surface area (Å²) in [5.74, 6) is 3.68. The predicted octanol–water partition coefficient (Wildman–Crippen LogP) is 6.14. The number of aromatic amines is 1. The first-order chi connectivity index (χ1) is 20.6. The molecule has 42 heavy (non-hydrogen) atoms. The van der Waals surface area contributed by atoms with E-state index in [0.29, 0.717) is 17.5 Å². The first-order valence-electron chi connectivity index (χ1n) is 14.6. The molecular weight excluding hydrogens is 522 g/mol. The van der Waals surface area contributed by atoms with Gasteiger partial charge in [-0.15, -0.1) is 5.10 Å². The molecule has 0 saturated carbocycles. The molecule has 210 valence electrons. The average molecular weight is 556 g/mol. The van der Waals surface area contributed by atoms with Crippen molar-refractivity contribution in [1.82, 2.24) is 44.6 Å². The number of rotatable bonds is 7. The summed E-state index contributed by atoms with van der Waals surface area (Å²) in [4.78, 5) is 21.3. The third-order valence-corrected chi connectivity index (χ3v) is 7.95. The van der Waals surface area contributed by atoms with Crippen LogP contribution in [0.25, 0.3) is 39.7 Å². The Labute approximate surface area is 244 Å². The van der Waals surface area contributed by atoms with Gasteiger partial charge in [0.2, 0.25) is 0 Å². The number of hydrogen-bond acceptors (Lipinski definition) is 7. The molecule has 5 heterocycles. The van der Waals surface area contributed by atoms with Crippen molar-refractivity contribution in [3.8, 4) is 33.9 Å². The number of nitrogens with one attached hydrogen (secondary N) is 1. The van der Waals surface area contributed by atoms with Crippen LogP contribution in [0, 0.1) is 0 Å². The minimum Gasteiger partial charge on any atom is -0.299 e. The van der Waals surface area contributed by atoms with Gasteiger partial charge in [-0.1, -0.05) is 74.5 Å². The first-order valence-corrected chi connectivity index (χ1v) is 14.6. The van der Waals surface area contributed by atoms with E-state index in [-0.39, 0.29) is 5.92 Å². The molecule has 4 aromatic heterocycles. The van der Waals surface area contributed by atoms with Crippen molar-refractivity contribution in [3.63, 3.8) is 0 Å². The highest BCUT2D eigenvalue weighted by Crippen LogP contribution is 2.32. The van der Waals surface area contributed by atoms with Crippen LogP contribution in [0.3, 0.4) is 0 Å². The van der Waals surface area contributed by atoms with E-state index in [4.69, 9.17) is 15.0 Å². The van der Waals surface area contributed by atoms with Gasteiger partial charge >= 0.3 is 0 Å². The molecule has 1 aliphatic rings. The molecule has 1 fully saturated rings. The first kappa shape index (κ1) is 26.2. The number of likely N-dealkylation sites (tertiary alicyclic amines) is 1. The maximum Gasteiger partial charge on any atom is 0.253 e. The Morgan fingerprint density at radius 1 is 0.857 bits per heavy atom. The van der Waals surface area contributed by atoms with Gasteiger partial charge < -0.3 is 0 Å². The predicted molar refractivity (Wildman–Crippen MR) is 163 cm³/mol. The van der Waals surface area contributed by atoms with Gasteiger partial charge in [-0.2, -0.15) is 10.1 Å². The van der Waals surface area contributed by atoms with Crippen molar-refractivity contribution >= 4 is 5.78 Å². The van der Waals surface area contributed by atoms with Crippen LogP contribution in [0.1, 0.15) is 55.7 Å². The molecule has 0 radical (unpaired) electrons. The summed E-state index contributed by atoms with van der Waals surface area (Å²) in [5.41, 5.74) is 6.23. The van der Waals surface area contributed by atoms with Gasteiger partial charge in [-0.25, -0.2) is 14.5 Å². The summed E-state index contributed by atoms with van der Waals surface area (Å²) in [6.45, 7) is 7.16. The smallest absolute Gasteiger partial charge is 0.253 e. The van der Waals surface area contributed by atoms with Gasteiger partial charge in [0.15, 0.2) is 11.6 Å². The lowest BCUT2D eigenvalue weighted by atomic mass is 9.95. The molecule has 2 aromatic carbocycles. The number of fused-ring (bicyclic) bond motifs is 1. The second kappa shape index (κ2) is 11.3. The van der Waals surface area contributed by atoms with E-state index in [9.17, 15) is 0 Å². The lowest BCUT2D eigenvalue weighted by molar-refractivity contribution is 0.202. The van der Waals surface area contributed by atoms with Crippen molar-refractivity contribution in [1.29, 1.82) is 0 Å². The molecule has 0 aliphatic carbocycles. The van der Waals surface area contributed by atoms with Crippen molar-refractivity contribution in [2.75, 3.05) is 13.1 Å². The maximum atomic E-state index is 4.99. The summed E-state index contributed by atoms with van der Waals surface area (Å²) in [7, 11) is 0. The second-order valence-electron chi connectivity index (χ2n) is 11.2. The van der Waals surface area contributed by atoms with E-state index in [1.165, 1.54) is 5.56 Å². The number of benzene rings is 2. The molecule has 1 aliphatic heterocycles. The number of piperidine rings is 1. The molecule has 9 nitrogen and oxygen atoms in total. The van der Waals surface area contributed by atoms with E-state index < -0.39 is 0 Å². The summed E-state index contributed by atoms with van der Waals surface area (Å²) in [5, 5.41) is 12.2. The fraction of sp³-hybridized carbons (Fsp3) is 0.273. The third-order valence-electron chi connectivity index (χ3n) is 7.95. The Morgan fingerprint density at radius 3 is 2.38 bits per heavy atom. The van der Waals surface area contributed by atoms with Gasteiger partial charge in [0.05, 0.1) is 5.69 Å². The molecule has 1 N–H and O–H groups in total. The van der Waals surface area contributed by atoms with E-state index in [2.05, 4.69) is 93.8 Å². The Kier molecular flexibility index (Phi) is 7.01. The van der Waals surface area contributed by atoms with E-state index in [1.54, 1.807) is 10.7 Å². The lowest BCUT2D eigenvalue weighted by Crippen LogP contribution is -2.32. The van der Waals surface area contributed by atoms with Crippen LogP contribution >= 0.6 is 0 Å². The van der Waals surface area contributed by atoms with Gasteiger partial charge in [-0.05, 0) is 49.2 Å². The van der Waals surface area contributed by atoms with Gasteiger partial charge in [-0.3, -0.25) is 15.0 Å². The molecule has 1 saturated heterocycles. The Bertz CT molecular complexity index is 1780. The normalized spacial score (nSPS) is 14.6. The summed E-state index contributed by atoms with van der Waals surface area (Å²) >= 11 is 0. The topological polar surface area (TPSA) is 101 Å². The molecule has 7 rings (SSSR count). The number of aromatic nitrogens is 8. The highest BCUT2D eigenvalue weighted by molar-refractivity contribution is 5.81. The monoisotopic (exact) mass is 555 g/mol. The molecule has 0 spiro atoms. The fourth-order valence-electron chi connectivity index (χ4n) is 5.59. The SMILES string of the molecule is CC(C)c1nc2nc(-c3ccc(CN4CCC(c5nc(-c6ccccn6)n[nH]5)CC4)cc3)c(-c3ccccc3)cn2n1. The summed E-state index contributed by atoms with van der Waals surface area (Å²) in [6, 6.07) is 25.0. The zero-order chi connectivity index (χ0) is 28.5. The van der Waals surface area contributed by atoms with Crippen LogP contribution in [0.4, 0.5) is 0 Å². The summed E-state index contributed by atoms with van der Waals surface area (Å²) < 4.78 is 1.80. The van der Waals surface area contributed by atoms with Crippen molar-refractivity contribution in [2.45, 2.75) is 45.1 Å². The van der Waals surface area contributed by atoms with Crippen LogP contribution < -0.4 is 0 Å². The number of H-pyrrole nitrogens is 1. The minimum absolute atomic E-state index is 0.236. The standard InChI is InChI=1S/C33H33N9/c1-22(2)30-37-33-35-29(27(21-42(33)40-30)24-8-4-3-5-9-24)25-13-11-23(12-14-25)20-41-18-15-26(16-19-41)31-36-32(39-38-31)28-10-6-7-17-34-28/h3-14,17,21-22,26H,15-16,18-20H2,1-2H3,(H,36,38,39). The maximum absolute atomic E-state index is 4.99. The van der Waals surface area contributed by atoms with E-state index >= 15 is 0 Å². The average Bonchev–Trinajstić information content (AvgIpc) is 3.70. The molecule has 0 atom stereocenters. The van der Waals surface area contributed by atoms with Crippen molar-refractivity contribution in [2.24, 2.45) is 0 Å². The van der Waals surface area contributed by atoms with Gasteiger partial charge in [0.1, 0.15) is 11.5 Å². The molecular formula is C33H33N9. The Morgan fingerprint density at radius 2 is 1.64 bits per heavy atom. The Balaban J connectivity index is 1.06. The molecule has 0 unspecified atom stereocenters. The number of pyridine rings is 1. The minimum atomic E-state index is 0.236. The summed E-state index contributed by atoms with van der Waals surface area (Å²) in [6.07, 6.45) is 5.93. The van der Waals surface area contributed by atoms with Gasteiger partial charge in [0, 0.05) is 41.9 Å². The molecule has 9 heteroatoms. The largest absolute Gasteiger partial charge is 0.299 e. The highest BCUT2D eigenvalue weighted by Gasteiger charge is 2.24. The second-order valence-corrected chi connectivity index (χ2v) is 11.2. The quantitative estimate of drug-likeness (QED) is 0.252. The fourth-order valence-corrected chi connectivity index (χ4v) is 5.59. The van der Waals surface area contributed by atoms with Crippen molar-refractivity contribution < 1.29 is 0 Å². The lowest BCUT2D eigenvalue weighted by Gasteiger charge is -2.31. The molecule has 0 amide bonds. The highest BCUT2D eigenvalue weighted by atomic mass is 15.3. The molecule has 6 aromatic rings. The van der Waals surface area contributed by atoms with E-state index in [1.807, 2.05) is 24.3 Å².